The number of carbonyl (C=O) groups is 2. The molecule has 0 atom stereocenters. The van der Waals surface area contributed by atoms with E-state index in [1.165, 1.54) is 0 Å². The molecular formula is C35H38N2O4S. The number of hydrogen-bond acceptors (Lipinski definition) is 4. The molecule has 4 rings (SSSR count). The Labute approximate surface area is 249 Å². The molecule has 6 nitrogen and oxygen atoms in total. The summed E-state index contributed by atoms with van der Waals surface area (Å²) >= 11 is 0. The van der Waals surface area contributed by atoms with Gasteiger partial charge in [-0.1, -0.05) is 101 Å². The average molecular weight is 583 g/mol. The maximum absolute atomic E-state index is 13.7. The summed E-state index contributed by atoms with van der Waals surface area (Å²) in [5.74, 6) is -0.422. The van der Waals surface area contributed by atoms with E-state index in [0.29, 0.717) is 22.5 Å². The Morgan fingerprint density at radius 1 is 0.810 bits per heavy atom. The van der Waals surface area contributed by atoms with Crippen molar-refractivity contribution in [3.05, 3.63) is 125 Å². The van der Waals surface area contributed by atoms with Crippen molar-refractivity contribution in [2.24, 2.45) is 0 Å². The zero-order valence-electron chi connectivity index (χ0n) is 25.0. The van der Waals surface area contributed by atoms with Crippen LogP contribution in [0.1, 0.15) is 73.1 Å². The fourth-order valence-corrected chi connectivity index (χ4v) is 5.96. The number of ketones is 1. The van der Waals surface area contributed by atoms with Crippen molar-refractivity contribution in [3.8, 4) is 0 Å². The first kappa shape index (κ1) is 30.7. The lowest BCUT2D eigenvalue weighted by atomic mass is 9.86. The number of rotatable bonds is 9. The number of nitrogens with zero attached hydrogens (tertiary/aromatic N) is 1. The first-order valence-electron chi connectivity index (χ1n) is 14.0. The number of nitrogens with one attached hydrogen (secondary N) is 1. The van der Waals surface area contributed by atoms with Gasteiger partial charge in [-0.25, -0.2) is 8.42 Å². The Balaban J connectivity index is 1.58. The first-order chi connectivity index (χ1) is 19.8. The highest BCUT2D eigenvalue weighted by Crippen LogP contribution is 2.27. The van der Waals surface area contributed by atoms with Gasteiger partial charge in [0.15, 0.2) is 5.78 Å². The molecule has 218 valence electrons. The van der Waals surface area contributed by atoms with Gasteiger partial charge in [-0.2, -0.15) is 0 Å². The minimum atomic E-state index is -4.04. The molecule has 0 bridgehead atoms. The molecule has 0 aliphatic heterocycles. The van der Waals surface area contributed by atoms with Gasteiger partial charge in [-0.15, -0.1) is 0 Å². The minimum Gasteiger partial charge on any atom is -0.324 e. The maximum Gasteiger partial charge on any atom is 0.264 e. The van der Waals surface area contributed by atoms with Gasteiger partial charge in [0.25, 0.3) is 10.0 Å². The van der Waals surface area contributed by atoms with Crippen LogP contribution in [0.5, 0.6) is 0 Å². The third-order valence-electron chi connectivity index (χ3n) is 7.17. The van der Waals surface area contributed by atoms with Gasteiger partial charge in [-0.05, 0) is 65.8 Å². The van der Waals surface area contributed by atoms with Crippen LogP contribution < -0.4 is 9.62 Å². The van der Waals surface area contributed by atoms with Crippen LogP contribution in [0.2, 0.25) is 0 Å². The molecule has 42 heavy (non-hydrogen) atoms. The van der Waals surface area contributed by atoms with E-state index in [0.717, 1.165) is 21.0 Å². The summed E-state index contributed by atoms with van der Waals surface area (Å²) in [6.45, 7) is 11.9. The highest BCUT2D eigenvalue weighted by atomic mass is 32.2. The maximum atomic E-state index is 13.7. The Morgan fingerprint density at radius 2 is 1.43 bits per heavy atom. The van der Waals surface area contributed by atoms with Crippen LogP contribution in [0.4, 0.5) is 11.4 Å². The number of hydrogen-bond donors (Lipinski definition) is 1. The lowest BCUT2D eigenvalue weighted by Gasteiger charge is -2.24. The van der Waals surface area contributed by atoms with Crippen molar-refractivity contribution in [1.82, 2.24) is 0 Å². The van der Waals surface area contributed by atoms with Gasteiger partial charge in [-0.3, -0.25) is 13.9 Å². The second kappa shape index (κ2) is 12.3. The molecule has 4 aromatic rings. The highest BCUT2D eigenvalue weighted by molar-refractivity contribution is 7.92. The van der Waals surface area contributed by atoms with E-state index in [4.69, 9.17) is 0 Å². The molecule has 0 fully saturated rings. The fraction of sp³-hybridized carbons (Fsp3) is 0.257. The number of benzene rings is 4. The summed E-state index contributed by atoms with van der Waals surface area (Å²) in [7, 11) is -4.04. The van der Waals surface area contributed by atoms with E-state index in [2.05, 4.69) is 39.9 Å². The second-order valence-corrected chi connectivity index (χ2v) is 13.7. The molecular weight excluding hydrogens is 544 g/mol. The quantitative estimate of drug-likeness (QED) is 0.207. The van der Waals surface area contributed by atoms with Crippen LogP contribution in [0.25, 0.3) is 0 Å². The van der Waals surface area contributed by atoms with Crippen LogP contribution in [-0.4, -0.2) is 26.7 Å². The number of carbonyl (C=O) groups excluding carboxylic acids is 2. The molecule has 7 heteroatoms. The van der Waals surface area contributed by atoms with Crippen LogP contribution in [0.15, 0.2) is 102 Å². The van der Waals surface area contributed by atoms with Crippen molar-refractivity contribution in [2.75, 3.05) is 16.2 Å². The van der Waals surface area contributed by atoms with E-state index >= 15 is 0 Å². The number of anilines is 2. The van der Waals surface area contributed by atoms with Crippen LogP contribution in [-0.2, 0) is 20.2 Å². The Bertz CT molecular complexity index is 1670. The second-order valence-electron chi connectivity index (χ2n) is 11.9. The lowest BCUT2D eigenvalue weighted by Crippen LogP contribution is -2.38. The van der Waals surface area contributed by atoms with Gasteiger partial charge in [0, 0.05) is 16.8 Å². The molecule has 4 aromatic carbocycles. The average Bonchev–Trinajstić information content (AvgIpc) is 2.95. The van der Waals surface area contributed by atoms with Gasteiger partial charge < -0.3 is 5.32 Å². The molecule has 0 radical (unpaired) electrons. The Hall–Kier alpha value is -4.23. The lowest BCUT2D eigenvalue weighted by molar-refractivity contribution is -0.114. The molecule has 1 amide bonds. The monoisotopic (exact) mass is 582 g/mol. The molecule has 1 N–H and O–H groups in total. The number of amides is 1. The summed E-state index contributed by atoms with van der Waals surface area (Å²) in [4.78, 5) is 26.6. The minimum absolute atomic E-state index is 0.0247. The largest absolute Gasteiger partial charge is 0.324 e. The van der Waals surface area contributed by atoms with E-state index in [1.807, 2.05) is 43.3 Å². The van der Waals surface area contributed by atoms with E-state index in [1.54, 1.807) is 60.7 Å². The zero-order chi connectivity index (χ0) is 30.7. The molecule has 0 spiro atoms. The topological polar surface area (TPSA) is 83.6 Å². The van der Waals surface area contributed by atoms with Gasteiger partial charge >= 0.3 is 0 Å². The van der Waals surface area contributed by atoms with E-state index < -0.39 is 22.5 Å². The molecule has 0 saturated heterocycles. The smallest absolute Gasteiger partial charge is 0.264 e. The predicted octanol–water partition coefficient (Wildman–Crippen LogP) is 7.48. The highest BCUT2D eigenvalue weighted by Gasteiger charge is 2.27. The van der Waals surface area contributed by atoms with Crippen molar-refractivity contribution in [3.63, 3.8) is 0 Å². The van der Waals surface area contributed by atoms with E-state index in [-0.39, 0.29) is 22.0 Å². The van der Waals surface area contributed by atoms with Crippen molar-refractivity contribution in [2.45, 2.75) is 57.8 Å². The SMILES string of the molecule is Cc1ccc(S(=O)(=O)N(CC(=O)Nc2cccc(C(=O)c3ccc(C(C)(C)C)cc3)c2)c2ccc(C(C)C)cc2)cc1. The molecule has 0 heterocycles. The normalized spacial score (nSPS) is 11.8. The first-order valence-corrected chi connectivity index (χ1v) is 15.4. The summed E-state index contributed by atoms with van der Waals surface area (Å²) < 4.78 is 28.6. The zero-order valence-corrected chi connectivity index (χ0v) is 25.8. The molecule has 0 unspecified atom stereocenters. The third-order valence-corrected chi connectivity index (χ3v) is 8.95. The summed E-state index contributed by atoms with van der Waals surface area (Å²) in [6.07, 6.45) is 0. The fourth-order valence-electron chi connectivity index (χ4n) is 4.54. The van der Waals surface area contributed by atoms with Crippen molar-refractivity contribution >= 4 is 33.1 Å². The van der Waals surface area contributed by atoms with Crippen molar-refractivity contribution in [1.29, 1.82) is 0 Å². The van der Waals surface area contributed by atoms with Gasteiger partial charge in [0.1, 0.15) is 6.54 Å². The molecule has 0 saturated carbocycles. The number of aryl methyl sites for hydroxylation is 1. The van der Waals surface area contributed by atoms with E-state index in [9.17, 15) is 18.0 Å². The third kappa shape index (κ3) is 7.15. The standard InChI is InChI=1S/C35H38N2O4S/c1-24(2)26-14-18-31(19-15-26)37(42(40,41)32-20-10-25(3)11-21-32)23-33(38)36-30-9-7-8-28(22-30)34(39)27-12-16-29(17-13-27)35(4,5)6/h7-22,24H,23H2,1-6H3,(H,36,38). The predicted molar refractivity (Wildman–Crippen MR) is 170 cm³/mol. The van der Waals surface area contributed by atoms with Gasteiger partial charge in [0.2, 0.25) is 5.91 Å². The Kier molecular flexibility index (Phi) is 9.02. The van der Waals surface area contributed by atoms with Gasteiger partial charge in [0.05, 0.1) is 10.6 Å². The summed E-state index contributed by atoms with van der Waals surface area (Å²) in [5, 5.41) is 2.78. The van der Waals surface area contributed by atoms with Crippen LogP contribution in [0.3, 0.4) is 0 Å². The molecule has 0 aliphatic rings. The summed E-state index contributed by atoms with van der Waals surface area (Å²) in [5.41, 5.74) is 4.85. The number of sulfonamides is 1. The summed E-state index contributed by atoms with van der Waals surface area (Å²) in [6, 6.07) is 27.9. The van der Waals surface area contributed by atoms with Crippen molar-refractivity contribution < 1.29 is 18.0 Å². The van der Waals surface area contributed by atoms with Crippen LogP contribution in [0, 0.1) is 6.92 Å². The molecule has 0 aliphatic carbocycles. The molecule has 0 aromatic heterocycles. The Morgan fingerprint density at radius 3 is 2.00 bits per heavy atom. The van der Waals surface area contributed by atoms with Crippen LogP contribution >= 0.6 is 0 Å².